The molecule has 0 bridgehead atoms. The van der Waals surface area contributed by atoms with E-state index in [9.17, 15) is 4.79 Å². The lowest BCUT2D eigenvalue weighted by molar-refractivity contribution is -0.129. The minimum Gasteiger partial charge on any atom is -0.494 e. The van der Waals surface area contributed by atoms with Gasteiger partial charge in [0.1, 0.15) is 5.75 Å². The smallest absolute Gasteiger partial charge is 0.363 e. The summed E-state index contributed by atoms with van der Waals surface area (Å²) in [6.07, 6.45) is 3.61. The molecule has 0 saturated carbocycles. The molecule has 0 saturated heterocycles. The molecular weight excluding hydrogens is 373 g/mol. The number of esters is 1. The van der Waals surface area contributed by atoms with Crippen LogP contribution in [0, 0.1) is 0 Å². The van der Waals surface area contributed by atoms with Gasteiger partial charge in [0.2, 0.25) is 5.90 Å². The lowest BCUT2D eigenvalue weighted by atomic mass is 10.2. The van der Waals surface area contributed by atoms with Crippen molar-refractivity contribution in [1.82, 2.24) is 0 Å². The summed E-state index contributed by atoms with van der Waals surface area (Å²) < 4.78 is 10.9. The quantitative estimate of drug-likeness (QED) is 0.371. The van der Waals surface area contributed by atoms with E-state index in [2.05, 4.69) is 11.9 Å². The van der Waals surface area contributed by atoms with Crippen molar-refractivity contribution in [1.29, 1.82) is 0 Å². The Balaban J connectivity index is 1.81. The van der Waals surface area contributed by atoms with E-state index in [1.54, 1.807) is 30.3 Å². The molecule has 1 aliphatic rings. The first-order valence-electron chi connectivity index (χ1n) is 8.28. The number of nitrogens with zero attached hydrogens (tertiary/aromatic N) is 1. The van der Waals surface area contributed by atoms with E-state index in [1.165, 1.54) is 6.08 Å². The summed E-state index contributed by atoms with van der Waals surface area (Å²) in [7, 11) is 0. The summed E-state index contributed by atoms with van der Waals surface area (Å²) in [5.41, 5.74) is 1.38. The van der Waals surface area contributed by atoms with Crippen molar-refractivity contribution < 1.29 is 14.3 Å². The summed E-state index contributed by atoms with van der Waals surface area (Å²) in [5, 5.41) is 0.880. The van der Waals surface area contributed by atoms with E-state index < -0.39 is 5.97 Å². The first kappa shape index (κ1) is 18.5. The largest absolute Gasteiger partial charge is 0.494 e. The number of hydrogen-bond acceptors (Lipinski definition) is 4. The average molecular weight is 390 g/mol. The molecule has 26 heavy (non-hydrogen) atoms. The van der Waals surface area contributed by atoms with E-state index in [4.69, 9.17) is 32.7 Å². The topological polar surface area (TPSA) is 47.9 Å². The predicted molar refractivity (Wildman–Crippen MR) is 104 cm³/mol. The summed E-state index contributed by atoms with van der Waals surface area (Å²) in [6, 6.07) is 12.4. The van der Waals surface area contributed by atoms with Gasteiger partial charge >= 0.3 is 5.97 Å². The minimum absolute atomic E-state index is 0.151. The number of rotatable bonds is 6. The molecule has 3 rings (SSSR count). The van der Waals surface area contributed by atoms with E-state index in [-0.39, 0.29) is 11.6 Å². The Morgan fingerprint density at radius 1 is 1.12 bits per heavy atom. The number of halogens is 2. The zero-order valence-electron chi connectivity index (χ0n) is 14.2. The van der Waals surface area contributed by atoms with Gasteiger partial charge in [-0.3, -0.25) is 0 Å². The van der Waals surface area contributed by atoms with Gasteiger partial charge < -0.3 is 9.47 Å². The van der Waals surface area contributed by atoms with Gasteiger partial charge in [0.05, 0.1) is 6.61 Å². The van der Waals surface area contributed by atoms with Crippen molar-refractivity contribution >= 4 is 41.1 Å². The van der Waals surface area contributed by atoms with Crippen LogP contribution in [-0.2, 0) is 9.53 Å². The molecular formula is C20H17Cl2NO3. The summed E-state index contributed by atoms with van der Waals surface area (Å²) in [5.74, 6) is 0.467. The molecule has 0 N–H and O–H groups in total. The molecule has 2 aromatic rings. The molecule has 1 heterocycles. The first-order chi connectivity index (χ1) is 12.6. The lowest BCUT2D eigenvalue weighted by Crippen LogP contribution is -2.05. The summed E-state index contributed by atoms with van der Waals surface area (Å²) >= 11 is 12.3. The second kappa shape index (κ2) is 8.39. The Bertz CT molecular complexity index is 853. The van der Waals surface area contributed by atoms with Crippen molar-refractivity contribution in [2.75, 3.05) is 6.61 Å². The third-order valence-corrected chi connectivity index (χ3v) is 4.43. The van der Waals surface area contributed by atoms with Crippen LogP contribution in [0.5, 0.6) is 5.75 Å². The zero-order chi connectivity index (χ0) is 18.5. The fraction of sp³-hybridized carbons (Fsp3) is 0.200. The highest BCUT2D eigenvalue weighted by Gasteiger charge is 2.24. The fourth-order valence-corrected chi connectivity index (χ4v) is 2.85. The number of ether oxygens (including phenoxy) is 2. The number of carbonyl (C=O) groups is 1. The molecule has 0 unspecified atom stereocenters. The van der Waals surface area contributed by atoms with Crippen LogP contribution in [0.25, 0.3) is 6.08 Å². The first-order valence-corrected chi connectivity index (χ1v) is 9.04. The Morgan fingerprint density at radius 3 is 2.46 bits per heavy atom. The van der Waals surface area contributed by atoms with Crippen LogP contribution in [0.2, 0.25) is 10.0 Å². The number of benzene rings is 2. The Labute approximate surface area is 162 Å². The molecule has 0 amide bonds. The van der Waals surface area contributed by atoms with Crippen LogP contribution in [-0.4, -0.2) is 18.5 Å². The SMILES string of the molecule is CCCCOc1ccc(C2=N/C(=C\c3c(Cl)cccc3Cl)C(=O)O2)cc1. The van der Waals surface area contributed by atoms with E-state index in [1.807, 2.05) is 12.1 Å². The number of aliphatic imine (C=N–C) groups is 1. The maximum absolute atomic E-state index is 12.1. The molecule has 0 fully saturated rings. The predicted octanol–water partition coefficient (Wildman–Crippen LogP) is 5.52. The molecule has 0 aliphatic carbocycles. The van der Waals surface area contributed by atoms with Crippen LogP contribution >= 0.6 is 23.2 Å². The van der Waals surface area contributed by atoms with Gasteiger partial charge in [-0.2, -0.15) is 0 Å². The van der Waals surface area contributed by atoms with Gasteiger partial charge in [-0.25, -0.2) is 9.79 Å². The van der Waals surface area contributed by atoms with Crippen molar-refractivity contribution in [3.05, 3.63) is 69.3 Å². The Hall–Kier alpha value is -2.30. The van der Waals surface area contributed by atoms with E-state index >= 15 is 0 Å². The van der Waals surface area contributed by atoms with Crippen LogP contribution in [0.3, 0.4) is 0 Å². The van der Waals surface area contributed by atoms with Crippen molar-refractivity contribution in [2.45, 2.75) is 19.8 Å². The summed E-state index contributed by atoms with van der Waals surface area (Å²) in [6.45, 7) is 2.79. The van der Waals surface area contributed by atoms with Crippen LogP contribution < -0.4 is 4.74 Å². The highest BCUT2D eigenvalue weighted by atomic mass is 35.5. The highest BCUT2D eigenvalue weighted by molar-refractivity contribution is 6.37. The monoisotopic (exact) mass is 389 g/mol. The van der Waals surface area contributed by atoms with Crippen LogP contribution in [0.4, 0.5) is 0 Å². The highest BCUT2D eigenvalue weighted by Crippen LogP contribution is 2.29. The molecule has 0 spiro atoms. The second-order valence-corrected chi connectivity index (χ2v) is 6.51. The Kier molecular flexibility index (Phi) is 5.96. The number of unbranched alkanes of at least 4 members (excludes halogenated alkanes) is 1. The van der Waals surface area contributed by atoms with Gasteiger partial charge in [0.15, 0.2) is 5.70 Å². The zero-order valence-corrected chi connectivity index (χ0v) is 15.7. The van der Waals surface area contributed by atoms with Gasteiger partial charge in [-0.15, -0.1) is 0 Å². The minimum atomic E-state index is -0.542. The molecule has 6 heteroatoms. The van der Waals surface area contributed by atoms with E-state index in [0.29, 0.717) is 27.8 Å². The third kappa shape index (κ3) is 4.26. The summed E-state index contributed by atoms with van der Waals surface area (Å²) in [4.78, 5) is 16.4. The second-order valence-electron chi connectivity index (χ2n) is 5.70. The normalized spacial score (nSPS) is 15.1. The molecule has 2 aromatic carbocycles. The Morgan fingerprint density at radius 2 is 1.81 bits per heavy atom. The molecule has 0 atom stereocenters. The molecule has 1 aliphatic heterocycles. The van der Waals surface area contributed by atoms with Crippen molar-refractivity contribution in [3.8, 4) is 5.75 Å². The van der Waals surface area contributed by atoms with Crippen LogP contribution in [0.1, 0.15) is 30.9 Å². The van der Waals surface area contributed by atoms with Crippen molar-refractivity contribution in [2.24, 2.45) is 4.99 Å². The lowest BCUT2D eigenvalue weighted by Gasteiger charge is -2.05. The molecule has 0 radical (unpaired) electrons. The maximum Gasteiger partial charge on any atom is 0.363 e. The van der Waals surface area contributed by atoms with Gasteiger partial charge in [-0.05, 0) is 48.9 Å². The molecule has 134 valence electrons. The molecule has 4 nitrogen and oxygen atoms in total. The van der Waals surface area contributed by atoms with Crippen molar-refractivity contribution in [3.63, 3.8) is 0 Å². The standard InChI is InChI=1S/C20H17Cl2NO3/c1-2-3-11-25-14-9-7-13(8-10-14)19-23-18(20(24)26-19)12-15-16(21)5-4-6-17(15)22/h4-10,12H,2-3,11H2,1H3/b18-12-. The average Bonchev–Trinajstić information content (AvgIpc) is 3.00. The van der Waals surface area contributed by atoms with Gasteiger partial charge in [-0.1, -0.05) is 42.6 Å². The fourth-order valence-electron chi connectivity index (χ4n) is 2.35. The number of cyclic esters (lactones) is 1. The van der Waals surface area contributed by atoms with Gasteiger partial charge in [0, 0.05) is 21.2 Å². The van der Waals surface area contributed by atoms with E-state index in [0.717, 1.165) is 18.6 Å². The third-order valence-electron chi connectivity index (χ3n) is 3.77. The molecule has 0 aromatic heterocycles. The van der Waals surface area contributed by atoms with Gasteiger partial charge in [0.25, 0.3) is 0 Å². The maximum atomic E-state index is 12.1. The number of hydrogen-bond donors (Lipinski definition) is 0. The number of carbonyl (C=O) groups excluding carboxylic acids is 1. The van der Waals surface area contributed by atoms with Crippen LogP contribution in [0.15, 0.2) is 53.2 Å².